The fraction of sp³-hybridized carbons (Fsp3) is 0.575. The Balaban J connectivity index is 0.732. The Bertz CT molecular complexity index is 2080. The van der Waals surface area contributed by atoms with Crippen LogP contribution in [0, 0.1) is 17.3 Å². The molecule has 9 rings (SSSR count). The lowest BCUT2D eigenvalue weighted by Gasteiger charge is -2.53. The Morgan fingerprint density at radius 2 is 1.91 bits per heavy atom. The Morgan fingerprint density at radius 3 is 2.65 bits per heavy atom. The van der Waals surface area contributed by atoms with Gasteiger partial charge in [-0.3, -0.25) is 24.8 Å². The Morgan fingerprint density at radius 1 is 1.07 bits per heavy atom. The third kappa shape index (κ3) is 6.91. The summed E-state index contributed by atoms with van der Waals surface area (Å²) >= 11 is 0. The van der Waals surface area contributed by atoms with Gasteiger partial charge in [-0.05, 0) is 106 Å². The molecule has 1 saturated carbocycles. The van der Waals surface area contributed by atoms with Crippen LogP contribution >= 0.6 is 0 Å². The number of amides is 3. The monoisotopic (exact) mass is 749 g/mol. The van der Waals surface area contributed by atoms with Crippen molar-refractivity contribution in [2.45, 2.75) is 96.9 Å². The van der Waals surface area contributed by atoms with Crippen LogP contribution in [-0.4, -0.2) is 108 Å². The Labute approximate surface area is 320 Å². The van der Waals surface area contributed by atoms with E-state index in [-0.39, 0.29) is 36.3 Å². The molecule has 3 saturated heterocycles. The fourth-order valence-corrected chi connectivity index (χ4v) is 9.76. The van der Waals surface area contributed by atoms with E-state index < -0.39 is 6.04 Å². The lowest BCUT2D eigenvalue weighted by atomic mass is 9.57. The molecule has 1 spiro atoms. The number of carbonyl (C=O) groups is 3. The van der Waals surface area contributed by atoms with Gasteiger partial charge in [-0.1, -0.05) is 6.92 Å². The molecule has 55 heavy (non-hydrogen) atoms. The van der Waals surface area contributed by atoms with E-state index in [9.17, 15) is 14.4 Å². The van der Waals surface area contributed by atoms with Crippen molar-refractivity contribution in [2.24, 2.45) is 17.3 Å². The average Bonchev–Trinajstić information content (AvgIpc) is 3.91. The minimum Gasteiger partial charge on any atom is -0.473 e. The second-order valence-electron chi connectivity index (χ2n) is 16.9. The van der Waals surface area contributed by atoms with Crippen LogP contribution in [0.25, 0.3) is 16.9 Å². The van der Waals surface area contributed by atoms with Crippen molar-refractivity contribution in [1.82, 2.24) is 44.9 Å². The number of carbonyl (C=O) groups excluding carboxylic acids is 3. The highest BCUT2D eigenvalue weighted by molar-refractivity contribution is 6.05. The summed E-state index contributed by atoms with van der Waals surface area (Å²) in [6.07, 6.45) is 13.2. The number of aromatic nitrogens is 6. The second-order valence-corrected chi connectivity index (χ2v) is 16.9. The molecule has 3 N–H and O–H groups in total. The molecule has 15 heteroatoms. The van der Waals surface area contributed by atoms with Crippen molar-refractivity contribution in [1.29, 1.82) is 0 Å². The SMILES string of the molecule is CC(C)Oc1c(-c2cn[nH]c2)ncc2nc(N[C@H]3CCN(CCC4CC5(CCN(c6ccc7c(c6)CN(C6CCC(=O)NC6=O)C7=O)CC5)C4)C[C@H]3C)nn12. The van der Waals surface area contributed by atoms with Crippen LogP contribution in [0.5, 0.6) is 5.88 Å². The third-order valence-electron chi connectivity index (χ3n) is 12.8. The number of hydrogen-bond acceptors (Lipinski definition) is 11. The van der Waals surface area contributed by atoms with Gasteiger partial charge in [0, 0.05) is 68.2 Å². The van der Waals surface area contributed by atoms with E-state index in [2.05, 4.69) is 54.7 Å². The molecule has 15 nitrogen and oxygen atoms in total. The summed E-state index contributed by atoms with van der Waals surface area (Å²) in [5.74, 6) is 1.66. The Hall–Kier alpha value is -5.05. The van der Waals surface area contributed by atoms with Gasteiger partial charge in [0.2, 0.25) is 23.6 Å². The Kier molecular flexibility index (Phi) is 9.22. The standard InChI is InChI=1S/C40H51N11O4/c1-24(2)55-38-35(28-19-42-43-20-28)41-21-33-45-39(47-51(33)38)44-31-9-13-48(22-25(31)3)12-8-26-17-40(18-26)10-14-49(15-11-40)29-4-5-30-27(16-29)23-50(37(30)54)32-6-7-34(52)46-36(32)53/h4-5,16,19-21,24-26,31-32H,6-15,17-18,22-23H2,1-3H3,(H,42,43)(H,44,47)(H,46,52,53)/t25-,31+,32?/m1/s1. The smallest absolute Gasteiger partial charge is 0.255 e. The van der Waals surface area contributed by atoms with Crippen molar-refractivity contribution >= 4 is 35.0 Å². The number of benzene rings is 1. The molecule has 3 atom stereocenters. The van der Waals surface area contributed by atoms with Crippen molar-refractivity contribution in [3.63, 3.8) is 0 Å². The molecule has 0 radical (unpaired) electrons. The van der Waals surface area contributed by atoms with E-state index in [1.54, 1.807) is 28.0 Å². The van der Waals surface area contributed by atoms with E-state index in [1.165, 1.54) is 32.1 Å². The highest BCUT2D eigenvalue weighted by Gasteiger charge is 2.46. The van der Waals surface area contributed by atoms with Crippen molar-refractivity contribution < 1.29 is 19.1 Å². The van der Waals surface area contributed by atoms with Crippen LogP contribution < -0.4 is 20.3 Å². The lowest BCUT2D eigenvalue weighted by Crippen LogP contribution is -2.52. The van der Waals surface area contributed by atoms with Crippen molar-refractivity contribution in [3.8, 4) is 17.1 Å². The van der Waals surface area contributed by atoms with Gasteiger partial charge in [-0.2, -0.15) is 14.6 Å². The quantitative estimate of drug-likeness (QED) is 0.198. The maximum Gasteiger partial charge on any atom is 0.255 e. The number of rotatable bonds is 10. The lowest BCUT2D eigenvalue weighted by molar-refractivity contribution is -0.136. The maximum absolute atomic E-state index is 13.2. The first kappa shape index (κ1) is 35.6. The van der Waals surface area contributed by atoms with Gasteiger partial charge in [0.1, 0.15) is 11.7 Å². The molecule has 1 aliphatic carbocycles. The summed E-state index contributed by atoms with van der Waals surface area (Å²) in [4.78, 5) is 53.4. The van der Waals surface area contributed by atoms with Crippen LogP contribution in [0.2, 0.25) is 0 Å². The minimum absolute atomic E-state index is 0.0540. The molecule has 3 amide bonds. The number of nitrogens with one attached hydrogen (secondary N) is 3. The van der Waals surface area contributed by atoms with Gasteiger partial charge < -0.3 is 24.8 Å². The molecular formula is C40H51N11O4. The number of aromatic amines is 1. The number of fused-ring (bicyclic) bond motifs is 2. The van der Waals surface area contributed by atoms with Crippen LogP contribution in [0.4, 0.5) is 11.6 Å². The summed E-state index contributed by atoms with van der Waals surface area (Å²) in [6.45, 7) is 12.1. The molecule has 0 bridgehead atoms. The van der Waals surface area contributed by atoms with Gasteiger partial charge in [0.25, 0.3) is 5.91 Å². The third-order valence-corrected chi connectivity index (χ3v) is 12.8. The zero-order valence-electron chi connectivity index (χ0n) is 32.0. The summed E-state index contributed by atoms with van der Waals surface area (Å²) < 4.78 is 7.91. The second kappa shape index (κ2) is 14.2. The van der Waals surface area contributed by atoms with E-state index in [0.717, 1.165) is 61.9 Å². The molecule has 3 aromatic heterocycles. The van der Waals surface area contributed by atoms with E-state index in [4.69, 9.17) is 14.8 Å². The first-order valence-corrected chi connectivity index (χ1v) is 20.0. The summed E-state index contributed by atoms with van der Waals surface area (Å²) in [6, 6.07) is 5.84. The maximum atomic E-state index is 13.2. The number of anilines is 2. The molecule has 4 fully saturated rings. The number of likely N-dealkylation sites (tertiary alicyclic amines) is 1. The summed E-state index contributed by atoms with van der Waals surface area (Å²) in [7, 11) is 0. The van der Waals surface area contributed by atoms with Crippen molar-refractivity contribution in [3.05, 3.63) is 47.9 Å². The normalized spacial score (nSPS) is 24.4. The van der Waals surface area contributed by atoms with Gasteiger partial charge in [-0.15, -0.1) is 5.10 Å². The van der Waals surface area contributed by atoms with Gasteiger partial charge in [-0.25, -0.2) is 4.98 Å². The first-order valence-electron chi connectivity index (χ1n) is 20.0. The molecule has 1 aromatic carbocycles. The predicted molar refractivity (Wildman–Crippen MR) is 205 cm³/mol. The molecule has 290 valence electrons. The zero-order chi connectivity index (χ0) is 37.8. The van der Waals surface area contributed by atoms with Crippen molar-refractivity contribution in [2.75, 3.05) is 42.9 Å². The van der Waals surface area contributed by atoms with Gasteiger partial charge >= 0.3 is 0 Å². The topological polar surface area (TPSA) is 166 Å². The summed E-state index contributed by atoms with van der Waals surface area (Å²) in [5, 5.41) is 17.8. The molecule has 1 unspecified atom stereocenters. The van der Waals surface area contributed by atoms with Crippen LogP contribution in [0.1, 0.15) is 88.1 Å². The molecule has 4 aromatic rings. The number of piperidine rings is 3. The molecular weight excluding hydrogens is 699 g/mol. The van der Waals surface area contributed by atoms with E-state index in [1.807, 2.05) is 19.9 Å². The van der Waals surface area contributed by atoms with Gasteiger partial charge in [0.15, 0.2) is 5.65 Å². The van der Waals surface area contributed by atoms with E-state index >= 15 is 0 Å². The highest BCUT2D eigenvalue weighted by atomic mass is 16.5. The highest BCUT2D eigenvalue weighted by Crippen LogP contribution is 2.54. The van der Waals surface area contributed by atoms with Crippen LogP contribution in [0.15, 0.2) is 36.8 Å². The number of hydrogen-bond donors (Lipinski definition) is 3. The number of H-pyrrole nitrogens is 1. The number of ether oxygens (including phenoxy) is 1. The average molecular weight is 750 g/mol. The zero-order valence-corrected chi connectivity index (χ0v) is 32.0. The number of imide groups is 1. The predicted octanol–water partition coefficient (Wildman–Crippen LogP) is 4.27. The number of nitrogens with zero attached hydrogens (tertiary/aromatic N) is 8. The molecule has 7 heterocycles. The first-order chi connectivity index (χ1) is 26.6. The van der Waals surface area contributed by atoms with Crippen LogP contribution in [0.3, 0.4) is 0 Å². The minimum atomic E-state index is -0.581. The summed E-state index contributed by atoms with van der Waals surface area (Å²) in [5.41, 5.74) is 5.42. The van der Waals surface area contributed by atoms with E-state index in [0.29, 0.717) is 53.0 Å². The fourth-order valence-electron chi connectivity index (χ4n) is 9.76. The van der Waals surface area contributed by atoms with Gasteiger partial charge in [0.05, 0.1) is 18.5 Å². The molecule has 4 aliphatic heterocycles. The van der Waals surface area contributed by atoms with Crippen LogP contribution in [-0.2, 0) is 16.1 Å². The largest absolute Gasteiger partial charge is 0.473 e. The molecule has 5 aliphatic rings.